The zero-order valence-corrected chi connectivity index (χ0v) is 6.12. The Morgan fingerprint density at radius 2 is 2.00 bits per heavy atom. The van der Waals surface area contributed by atoms with E-state index in [1.165, 1.54) is 25.7 Å². The van der Waals surface area contributed by atoms with Crippen molar-refractivity contribution in [3.8, 4) is 0 Å². The Hall–Kier alpha value is -0.400. The molecule has 2 aliphatic rings. The van der Waals surface area contributed by atoms with E-state index in [-0.39, 0.29) is 6.04 Å². The molecule has 2 fully saturated rings. The Morgan fingerprint density at radius 3 is 2.80 bits per heavy atom. The third-order valence-electron chi connectivity index (χ3n) is 3.18. The summed E-state index contributed by atoms with van der Waals surface area (Å²) in [6.07, 6.45) is 6.29. The van der Waals surface area contributed by atoms with Crippen LogP contribution >= 0.6 is 0 Å². The highest BCUT2D eigenvalue weighted by atomic mass is 16.3. The zero-order valence-electron chi connectivity index (χ0n) is 6.12. The molecular formula is C8H13NO. The highest BCUT2D eigenvalue weighted by Crippen LogP contribution is 2.45. The van der Waals surface area contributed by atoms with Gasteiger partial charge in [-0.2, -0.15) is 4.91 Å². The average molecular weight is 139 g/mol. The Balaban J connectivity index is 2.07. The van der Waals surface area contributed by atoms with Crippen molar-refractivity contribution in [2.75, 3.05) is 0 Å². The van der Waals surface area contributed by atoms with E-state index in [0.717, 1.165) is 12.3 Å². The van der Waals surface area contributed by atoms with Crippen LogP contribution in [-0.4, -0.2) is 6.04 Å². The Bertz CT molecular complexity index is 146. The van der Waals surface area contributed by atoms with Crippen molar-refractivity contribution in [3.63, 3.8) is 0 Å². The minimum absolute atomic E-state index is 0.187. The van der Waals surface area contributed by atoms with E-state index >= 15 is 0 Å². The van der Waals surface area contributed by atoms with E-state index in [1.54, 1.807) is 0 Å². The van der Waals surface area contributed by atoms with Crippen molar-refractivity contribution < 1.29 is 0 Å². The zero-order chi connectivity index (χ0) is 6.97. The van der Waals surface area contributed by atoms with Crippen LogP contribution in [0, 0.1) is 16.7 Å². The lowest BCUT2D eigenvalue weighted by Crippen LogP contribution is -2.11. The highest BCUT2D eigenvalue weighted by molar-refractivity contribution is 4.92. The fraction of sp³-hybridized carbons (Fsp3) is 1.00. The smallest absolute Gasteiger partial charge is 0.0950 e. The van der Waals surface area contributed by atoms with E-state index < -0.39 is 0 Å². The van der Waals surface area contributed by atoms with Crippen molar-refractivity contribution in [1.82, 2.24) is 0 Å². The van der Waals surface area contributed by atoms with Gasteiger partial charge in [-0.3, -0.25) is 0 Å². The monoisotopic (exact) mass is 139 g/mol. The van der Waals surface area contributed by atoms with E-state index in [0.29, 0.717) is 5.92 Å². The molecule has 0 aromatic rings. The number of hydrogen-bond acceptors (Lipinski definition) is 2. The Labute approximate surface area is 61.0 Å². The van der Waals surface area contributed by atoms with Gasteiger partial charge in [-0.15, -0.1) is 0 Å². The fourth-order valence-electron chi connectivity index (χ4n) is 2.66. The van der Waals surface area contributed by atoms with Gasteiger partial charge in [0, 0.05) is 0 Å². The van der Waals surface area contributed by atoms with Gasteiger partial charge in [-0.25, -0.2) is 0 Å². The average Bonchev–Trinajstić information content (AvgIpc) is 2.44. The third kappa shape index (κ3) is 0.780. The largest absolute Gasteiger partial charge is 0.151 e. The lowest BCUT2D eigenvalue weighted by atomic mass is 9.98. The normalized spacial score (nSPS) is 45.4. The molecule has 3 atom stereocenters. The predicted octanol–water partition coefficient (Wildman–Crippen LogP) is 2.33. The van der Waals surface area contributed by atoms with Crippen molar-refractivity contribution in [2.45, 2.75) is 38.1 Å². The Kier molecular flexibility index (Phi) is 1.47. The summed E-state index contributed by atoms with van der Waals surface area (Å²) in [5.41, 5.74) is 0. The van der Waals surface area contributed by atoms with Gasteiger partial charge in [0.25, 0.3) is 0 Å². The van der Waals surface area contributed by atoms with Gasteiger partial charge in [0.15, 0.2) is 0 Å². The van der Waals surface area contributed by atoms with Crippen LogP contribution in [0.3, 0.4) is 0 Å². The number of nitroso groups, excluding NO2 is 1. The molecule has 0 radical (unpaired) electrons. The summed E-state index contributed by atoms with van der Waals surface area (Å²) in [6.45, 7) is 0. The standard InChI is InChI=1S/C8H13NO/c10-9-8-5-4-6-2-1-3-7(6)8/h6-8H,1-5H2/t6-,7-,8?/m1/s1. The number of rotatable bonds is 1. The molecule has 0 aromatic heterocycles. The molecule has 0 bridgehead atoms. The molecule has 0 aliphatic heterocycles. The molecule has 0 amide bonds. The summed E-state index contributed by atoms with van der Waals surface area (Å²) in [5.74, 6) is 1.54. The molecule has 56 valence electrons. The molecule has 0 aromatic carbocycles. The molecule has 10 heavy (non-hydrogen) atoms. The summed E-state index contributed by atoms with van der Waals surface area (Å²) in [4.78, 5) is 10.3. The summed E-state index contributed by atoms with van der Waals surface area (Å²) in [6, 6.07) is 0.187. The number of nitrogens with zero attached hydrogens (tertiary/aromatic N) is 1. The molecule has 0 saturated heterocycles. The first-order valence-electron chi connectivity index (χ1n) is 4.24. The molecule has 0 N–H and O–H groups in total. The maximum absolute atomic E-state index is 10.3. The molecule has 1 unspecified atom stereocenters. The van der Waals surface area contributed by atoms with Crippen LogP contribution in [-0.2, 0) is 0 Å². The van der Waals surface area contributed by atoms with Crippen molar-refractivity contribution in [3.05, 3.63) is 4.91 Å². The molecule has 2 nitrogen and oxygen atoms in total. The quantitative estimate of drug-likeness (QED) is 0.512. The second kappa shape index (κ2) is 2.33. The fourth-order valence-corrected chi connectivity index (χ4v) is 2.66. The molecule has 2 aliphatic carbocycles. The SMILES string of the molecule is O=NC1CC[C@H]2CCC[C@@H]12. The van der Waals surface area contributed by atoms with Gasteiger partial charge >= 0.3 is 0 Å². The molecule has 0 heterocycles. The van der Waals surface area contributed by atoms with Gasteiger partial charge in [0.05, 0.1) is 6.04 Å². The minimum Gasteiger partial charge on any atom is -0.151 e. The van der Waals surface area contributed by atoms with Crippen LogP contribution in [0.4, 0.5) is 0 Å². The van der Waals surface area contributed by atoms with E-state index in [9.17, 15) is 4.91 Å². The van der Waals surface area contributed by atoms with Crippen molar-refractivity contribution >= 4 is 0 Å². The summed E-state index contributed by atoms with van der Waals surface area (Å²) in [7, 11) is 0. The molecule has 0 spiro atoms. The van der Waals surface area contributed by atoms with Crippen LogP contribution in [0.15, 0.2) is 5.18 Å². The molecule has 2 heteroatoms. The van der Waals surface area contributed by atoms with Crippen LogP contribution in [0.5, 0.6) is 0 Å². The minimum atomic E-state index is 0.187. The van der Waals surface area contributed by atoms with E-state index in [2.05, 4.69) is 5.18 Å². The molecular weight excluding hydrogens is 126 g/mol. The molecule has 2 rings (SSSR count). The second-order valence-corrected chi connectivity index (χ2v) is 3.60. The van der Waals surface area contributed by atoms with Gasteiger partial charge in [0.1, 0.15) is 0 Å². The summed E-state index contributed by atoms with van der Waals surface area (Å²) in [5, 5.41) is 3.18. The van der Waals surface area contributed by atoms with Crippen molar-refractivity contribution in [2.24, 2.45) is 17.0 Å². The predicted molar refractivity (Wildman–Crippen MR) is 39.6 cm³/mol. The van der Waals surface area contributed by atoms with Gasteiger partial charge < -0.3 is 0 Å². The number of fused-ring (bicyclic) bond motifs is 1. The maximum atomic E-state index is 10.3. The van der Waals surface area contributed by atoms with Gasteiger partial charge in [-0.05, 0) is 31.1 Å². The lowest BCUT2D eigenvalue weighted by Gasteiger charge is -2.09. The maximum Gasteiger partial charge on any atom is 0.0950 e. The van der Waals surface area contributed by atoms with Crippen LogP contribution in [0.2, 0.25) is 0 Å². The topological polar surface area (TPSA) is 29.4 Å². The summed E-state index contributed by atoms with van der Waals surface area (Å²) < 4.78 is 0. The molecule has 2 saturated carbocycles. The highest BCUT2D eigenvalue weighted by Gasteiger charge is 2.39. The lowest BCUT2D eigenvalue weighted by molar-refractivity contribution is 0.421. The summed E-state index contributed by atoms with van der Waals surface area (Å²) >= 11 is 0. The first-order chi connectivity index (χ1) is 4.92. The van der Waals surface area contributed by atoms with Crippen LogP contribution in [0.1, 0.15) is 32.1 Å². The third-order valence-corrected chi connectivity index (χ3v) is 3.18. The Morgan fingerprint density at radius 1 is 1.10 bits per heavy atom. The van der Waals surface area contributed by atoms with Gasteiger partial charge in [-0.1, -0.05) is 18.0 Å². The van der Waals surface area contributed by atoms with Crippen molar-refractivity contribution in [1.29, 1.82) is 0 Å². The van der Waals surface area contributed by atoms with E-state index in [1.807, 2.05) is 0 Å². The number of hydrogen-bond donors (Lipinski definition) is 0. The first-order valence-corrected chi connectivity index (χ1v) is 4.24. The second-order valence-electron chi connectivity index (χ2n) is 3.60. The van der Waals surface area contributed by atoms with Crippen LogP contribution < -0.4 is 0 Å². The van der Waals surface area contributed by atoms with Crippen LogP contribution in [0.25, 0.3) is 0 Å². The van der Waals surface area contributed by atoms with E-state index in [4.69, 9.17) is 0 Å². The first kappa shape index (κ1) is 6.32. The van der Waals surface area contributed by atoms with Gasteiger partial charge in [0.2, 0.25) is 0 Å².